The minimum Gasteiger partial charge on any atom is -0.493 e. The van der Waals surface area contributed by atoms with Crippen LogP contribution in [0.1, 0.15) is 12.8 Å². The first-order valence-electron chi connectivity index (χ1n) is 7.60. The van der Waals surface area contributed by atoms with E-state index in [0.717, 1.165) is 42.9 Å². The zero-order chi connectivity index (χ0) is 16.4. The van der Waals surface area contributed by atoms with Crippen molar-refractivity contribution in [3.63, 3.8) is 0 Å². The summed E-state index contributed by atoms with van der Waals surface area (Å²) >= 11 is 0. The van der Waals surface area contributed by atoms with Crippen molar-refractivity contribution in [2.24, 2.45) is 5.92 Å². The number of rotatable bonds is 4. The van der Waals surface area contributed by atoms with Gasteiger partial charge in [0.2, 0.25) is 5.95 Å². The standard InChI is InChI=1S/C16H21N3O4/c1-21-13-8-11-12(9-14(13)22-2)18-16(17-11)19-6-4-10(5-7-19)15(20)23-3/h8-10H,4-7H2,1-3H3,(H,17,18). The number of nitrogens with one attached hydrogen (secondary N) is 1. The summed E-state index contributed by atoms with van der Waals surface area (Å²) in [5.41, 5.74) is 1.72. The summed E-state index contributed by atoms with van der Waals surface area (Å²) in [5.74, 6) is 1.99. The van der Waals surface area contributed by atoms with Crippen molar-refractivity contribution in [1.29, 1.82) is 0 Å². The monoisotopic (exact) mass is 319 g/mol. The summed E-state index contributed by atoms with van der Waals surface area (Å²) in [6, 6.07) is 3.74. The van der Waals surface area contributed by atoms with Crippen LogP contribution in [0, 0.1) is 5.92 Å². The molecule has 0 saturated carbocycles. The van der Waals surface area contributed by atoms with Crippen molar-refractivity contribution in [2.75, 3.05) is 39.3 Å². The van der Waals surface area contributed by atoms with E-state index in [-0.39, 0.29) is 11.9 Å². The summed E-state index contributed by atoms with van der Waals surface area (Å²) in [6.07, 6.45) is 1.55. The first kappa shape index (κ1) is 15.5. The summed E-state index contributed by atoms with van der Waals surface area (Å²) < 4.78 is 15.4. The molecule has 0 amide bonds. The highest BCUT2D eigenvalue weighted by atomic mass is 16.5. The van der Waals surface area contributed by atoms with Crippen molar-refractivity contribution < 1.29 is 19.0 Å². The van der Waals surface area contributed by atoms with Crippen LogP contribution in [-0.4, -0.2) is 50.4 Å². The molecule has 1 aromatic heterocycles. The fourth-order valence-corrected chi connectivity index (χ4v) is 2.97. The van der Waals surface area contributed by atoms with Gasteiger partial charge in [0.15, 0.2) is 11.5 Å². The molecule has 1 aliphatic rings. The van der Waals surface area contributed by atoms with Crippen molar-refractivity contribution in [2.45, 2.75) is 12.8 Å². The molecule has 1 fully saturated rings. The fraction of sp³-hybridized carbons (Fsp3) is 0.500. The van der Waals surface area contributed by atoms with Gasteiger partial charge in [0.1, 0.15) is 0 Å². The van der Waals surface area contributed by atoms with Crippen LogP contribution in [0.5, 0.6) is 11.5 Å². The highest BCUT2D eigenvalue weighted by molar-refractivity contribution is 5.82. The number of aromatic amines is 1. The van der Waals surface area contributed by atoms with Crippen molar-refractivity contribution in [1.82, 2.24) is 9.97 Å². The molecule has 0 spiro atoms. The molecule has 0 aliphatic carbocycles. The highest BCUT2D eigenvalue weighted by Gasteiger charge is 2.27. The summed E-state index contributed by atoms with van der Waals surface area (Å²) in [5, 5.41) is 0. The normalized spacial score (nSPS) is 15.7. The number of hydrogen-bond acceptors (Lipinski definition) is 6. The van der Waals surface area contributed by atoms with Gasteiger partial charge in [-0.05, 0) is 12.8 Å². The van der Waals surface area contributed by atoms with Crippen LogP contribution in [0.4, 0.5) is 5.95 Å². The summed E-state index contributed by atoms with van der Waals surface area (Å²) in [7, 11) is 4.65. The molecule has 1 N–H and O–H groups in total. The molecule has 2 aromatic rings. The van der Waals surface area contributed by atoms with Crippen molar-refractivity contribution in [3.05, 3.63) is 12.1 Å². The van der Waals surface area contributed by atoms with E-state index in [2.05, 4.69) is 14.9 Å². The fourth-order valence-electron chi connectivity index (χ4n) is 2.97. The number of hydrogen-bond donors (Lipinski definition) is 1. The maximum absolute atomic E-state index is 11.6. The summed E-state index contributed by atoms with van der Waals surface area (Å²) in [4.78, 5) is 21.7. The van der Waals surface area contributed by atoms with Crippen molar-refractivity contribution in [3.8, 4) is 11.5 Å². The number of methoxy groups -OCH3 is 3. The third-order valence-electron chi connectivity index (χ3n) is 4.30. The number of H-pyrrole nitrogens is 1. The van der Waals surface area contributed by atoms with Crippen LogP contribution in [0.25, 0.3) is 11.0 Å². The van der Waals surface area contributed by atoms with Crippen LogP contribution in [-0.2, 0) is 9.53 Å². The number of fused-ring (bicyclic) bond motifs is 1. The molecule has 0 atom stereocenters. The van der Waals surface area contributed by atoms with E-state index in [4.69, 9.17) is 14.2 Å². The Morgan fingerprint density at radius 2 is 1.83 bits per heavy atom. The molecule has 1 aliphatic heterocycles. The van der Waals surface area contributed by atoms with Gasteiger partial charge in [-0.3, -0.25) is 4.79 Å². The van der Waals surface area contributed by atoms with Gasteiger partial charge in [0.05, 0.1) is 38.3 Å². The average Bonchev–Trinajstić information content (AvgIpc) is 3.02. The summed E-state index contributed by atoms with van der Waals surface area (Å²) in [6.45, 7) is 1.54. The lowest BCUT2D eigenvalue weighted by Gasteiger charge is -2.30. The first-order chi connectivity index (χ1) is 11.2. The zero-order valence-electron chi connectivity index (χ0n) is 13.6. The quantitative estimate of drug-likeness (QED) is 0.868. The lowest BCUT2D eigenvalue weighted by Crippen LogP contribution is -2.37. The van der Waals surface area contributed by atoms with Gasteiger partial charge in [0.25, 0.3) is 0 Å². The zero-order valence-corrected chi connectivity index (χ0v) is 13.6. The molecule has 124 valence electrons. The maximum atomic E-state index is 11.6. The molecule has 7 nitrogen and oxygen atoms in total. The maximum Gasteiger partial charge on any atom is 0.308 e. The first-order valence-corrected chi connectivity index (χ1v) is 7.60. The van der Waals surface area contributed by atoms with E-state index in [1.54, 1.807) is 14.2 Å². The molecule has 0 bridgehead atoms. The molecule has 1 aromatic carbocycles. The van der Waals surface area contributed by atoms with Gasteiger partial charge < -0.3 is 24.1 Å². The number of nitrogens with zero attached hydrogens (tertiary/aromatic N) is 2. The van der Waals surface area contributed by atoms with Gasteiger partial charge in [-0.2, -0.15) is 0 Å². The van der Waals surface area contributed by atoms with E-state index in [1.165, 1.54) is 7.11 Å². The predicted octanol–water partition coefficient (Wildman–Crippen LogP) is 1.97. The SMILES string of the molecule is COC(=O)C1CCN(c2nc3cc(OC)c(OC)cc3[nH]2)CC1. The molecule has 23 heavy (non-hydrogen) atoms. The number of carbonyl (C=O) groups excluding carboxylic acids is 1. The van der Waals surface area contributed by atoms with E-state index < -0.39 is 0 Å². The number of benzene rings is 1. The van der Waals surface area contributed by atoms with Crippen LogP contribution in [0.2, 0.25) is 0 Å². The van der Waals surface area contributed by atoms with Crippen LogP contribution >= 0.6 is 0 Å². The van der Waals surface area contributed by atoms with E-state index in [1.807, 2.05) is 12.1 Å². The molecule has 7 heteroatoms. The Labute approximate surface area is 134 Å². The van der Waals surface area contributed by atoms with Gasteiger partial charge in [-0.25, -0.2) is 4.98 Å². The highest BCUT2D eigenvalue weighted by Crippen LogP contribution is 2.32. The Bertz CT molecular complexity index is 664. The van der Waals surface area contributed by atoms with E-state index >= 15 is 0 Å². The number of carbonyl (C=O) groups is 1. The van der Waals surface area contributed by atoms with E-state index in [9.17, 15) is 4.79 Å². The number of aromatic nitrogens is 2. The number of anilines is 1. The Morgan fingerprint density at radius 1 is 1.17 bits per heavy atom. The molecular formula is C16H21N3O4. The Balaban J connectivity index is 1.80. The lowest BCUT2D eigenvalue weighted by atomic mass is 9.97. The molecule has 1 saturated heterocycles. The molecule has 2 heterocycles. The number of imidazole rings is 1. The van der Waals surface area contributed by atoms with Gasteiger partial charge in [-0.15, -0.1) is 0 Å². The third kappa shape index (κ3) is 2.91. The second-order valence-electron chi connectivity index (χ2n) is 5.57. The molecule has 3 rings (SSSR count). The number of piperidine rings is 1. The van der Waals surface area contributed by atoms with Crippen LogP contribution in [0.3, 0.4) is 0 Å². The largest absolute Gasteiger partial charge is 0.493 e. The molecule has 0 radical (unpaired) electrons. The minimum atomic E-state index is -0.122. The van der Waals surface area contributed by atoms with Crippen LogP contribution in [0.15, 0.2) is 12.1 Å². The van der Waals surface area contributed by atoms with Gasteiger partial charge in [0, 0.05) is 25.2 Å². The van der Waals surface area contributed by atoms with Gasteiger partial charge >= 0.3 is 5.97 Å². The second-order valence-corrected chi connectivity index (χ2v) is 5.57. The number of ether oxygens (including phenoxy) is 3. The lowest BCUT2D eigenvalue weighted by molar-refractivity contribution is -0.146. The molecular weight excluding hydrogens is 298 g/mol. The second kappa shape index (κ2) is 6.36. The molecule has 0 unspecified atom stereocenters. The Morgan fingerprint density at radius 3 is 2.43 bits per heavy atom. The predicted molar refractivity (Wildman–Crippen MR) is 86.2 cm³/mol. The number of esters is 1. The Hall–Kier alpha value is -2.44. The van der Waals surface area contributed by atoms with E-state index in [0.29, 0.717) is 11.5 Å². The third-order valence-corrected chi connectivity index (χ3v) is 4.30. The Kier molecular flexibility index (Phi) is 4.27. The average molecular weight is 319 g/mol. The minimum absolute atomic E-state index is 0.0131. The smallest absolute Gasteiger partial charge is 0.308 e. The van der Waals surface area contributed by atoms with Crippen molar-refractivity contribution >= 4 is 23.0 Å². The van der Waals surface area contributed by atoms with Gasteiger partial charge in [-0.1, -0.05) is 0 Å². The van der Waals surface area contributed by atoms with Crippen LogP contribution < -0.4 is 14.4 Å². The topological polar surface area (TPSA) is 76.7 Å².